The van der Waals surface area contributed by atoms with Crippen LogP contribution >= 0.6 is 0 Å². The van der Waals surface area contributed by atoms with E-state index in [0.717, 1.165) is 35.7 Å². The molecular weight excluding hydrogens is 210 g/mol. The summed E-state index contributed by atoms with van der Waals surface area (Å²) in [7, 11) is 0. The van der Waals surface area contributed by atoms with E-state index in [1.165, 1.54) is 32.2 Å². The minimum absolute atomic E-state index is 0.739. The Morgan fingerprint density at radius 2 is 1.94 bits per heavy atom. The Morgan fingerprint density at radius 3 is 2.47 bits per heavy atom. The summed E-state index contributed by atoms with van der Waals surface area (Å²) in [5.74, 6) is 2.98. The predicted octanol–water partition coefficient (Wildman–Crippen LogP) is 2.19. The van der Waals surface area contributed by atoms with Crippen molar-refractivity contribution in [3.05, 3.63) is 24.0 Å². The van der Waals surface area contributed by atoms with Crippen molar-refractivity contribution in [1.82, 2.24) is 10.3 Å². The van der Waals surface area contributed by atoms with Gasteiger partial charge in [0.2, 0.25) is 0 Å². The second kappa shape index (κ2) is 4.65. The number of pyridine rings is 1. The quantitative estimate of drug-likeness (QED) is 0.789. The number of nitrogens with one attached hydrogen (secondary N) is 1. The Morgan fingerprint density at radius 1 is 1.24 bits per heavy atom. The Kier molecular flexibility index (Phi) is 3.02. The van der Waals surface area contributed by atoms with Crippen molar-refractivity contribution in [2.45, 2.75) is 32.2 Å². The van der Waals surface area contributed by atoms with Gasteiger partial charge in [-0.25, -0.2) is 0 Å². The van der Waals surface area contributed by atoms with Gasteiger partial charge in [-0.15, -0.1) is 0 Å². The molecule has 0 bridgehead atoms. The molecule has 17 heavy (non-hydrogen) atoms. The molecule has 0 amide bonds. The number of rotatable bonds is 6. The largest absolute Gasteiger partial charge is 0.397 e. The lowest BCUT2D eigenvalue weighted by atomic mass is 9.98. The lowest BCUT2D eigenvalue weighted by Crippen LogP contribution is -2.25. The second-order valence-electron chi connectivity index (χ2n) is 5.55. The molecule has 0 aromatic carbocycles. The highest BCUT2D eigenvalue weighted by Crippen LogP contribution is 2.48. The lowest BCUT2D eigenvalue weighted by Gasteiger charge is -2.16. The predicted molar refractivity (Wildman–Crippen MR) is 69.3 cm³/mol. The van der Waals surface area contributed by atoms with Gasteiger partial charge in [-0.1, -0.05) is 0 Å². The van der Waals surface area contributed by atoms with Crippen LogP contribution in [0.15, 0.2) is 18.3 Å². The van der Waals surface area contributed by atoms with Crippen LogP contribution in [0.5, 0.6) is 0 Å². The van der Waals surface area contributed by atoms with Gasteiger partial charge in [-0.2, -0.15) is 0 Å². The molecule has 0 radical (unpaired) electrons. The summed E-state index contributed by atoms with van der Waals surface area (Å²) < 4.78 is 0. The van der Waals surface area contributed by atoms with E-state index in [0.29, 0.717) is 0 Å². The van der Waals surface area contributed by atoms with Crippen molar-refractivity contribution in [2.24, 2.45) is 17.8 Å². The average Bonchev–Trinajstić information content (AvgIpc) is 3.19. The topological polar surface area (TPSA) is 50.9 Å². The molecule has 2 saturated carbocycles. The fourth-order valence-electron chi connectivity index (χ4n) is 2.67. The van der Waals surface area contributed by atoms with Crippen LogP contribution in [0.3, 0.4) is 0 Å². The van der Waals surface area contributed by atoms with E-state index in [2.05, 4.69) is 10.3 Å². The van der Waals surface area contributed by atoms with Gasteiger partial charge in [0.05, 0.1) is 17.6 Å². The van der Waals surface area contributed by atoms with Gasteiger partial charge in [-0.05, 0) is 62.1 Å². The minimum atomic E-state index is 0.739. The Bertz CT molecular complexity index is 354. The van der Waals surface area contributed by atoms with E-state index in [1.807, 2.05) is 12.1 Å². The van der Waals surface area contributed by atoms with Gasteiger partial charge in [0.1, 0.15) is 0 Å². The first-order valence-corrected chi connectivity index (χ1v) is 6.74. The van der Waals surface area contributed by atoms with E-state index >= 15 is 0 Å². The molecule has 2 aliphatic carbocycles. The highest BCUT2D eigenvalue weighted by Gasteiger charge is 2.40. The van der Waals surface area contributed by atoms with E-state index in [9.17, 15) is 0 Å². The molecule has 92 valence electrons. The third kappa shape index (κ3) is 2.97. The van der Waals surface area contributed by atoms with Crippen LogP contribution in [0.25, 0.3) is 0 Å². The summed E-state index contributed by atoms with van der Waals surface area (Å²) in [6, 6.07) is 3.93. The molecule has 3 nitrogen and oxygen atoms in total. The van der Waals surface area contributed by atoms with Gasteiger partial charge < -0.3 is 11.1 Å². The van der Waals surface area contributed by atoms with Crippen LogP contribution in [0.2, 0.25) is 0 Å². The monoisotopic (exact) mass is 231 g/mol. The van der Waals surface area contributed by atoms with E-state index in [1.54, 1.807) is 6.20 Å². The first-order chi connectivity index (χ1) is 8.33. The smallest absolute Gasteiger partial charge is 0.0543 e. The van der Waals surface area contributed by atoms with Crippen LogP contribution in [0.4, 0.5) is 5.69 Å². The number of nitrogens with two attached hydrogens (primary N) is 1. The summed E-state index contributed by atoms with van der Waals surface area (Å²) in [6.07, 6.45) is 7.58. The summed E-state index contributed by atoms with van der Waals surface area (Å²) in [6.45, 7) is 2.04. The molecule has 1 heterocycles. The number of hydrogen-bond donors (Lipinski definition) is 2. The maximum Gasteiger partial charge on any atom is 0.0543 e. The molecule has 0 saturated heterocycles. The van der Waals surface area contributed by atoms with Crippen molar-refractivity contribution in [3.8, 4) is 0 Å². The summed E-state index contributed by atoms with van der Waals surface area (Å²) in [4.78, 5) is 4.31. The van der Waals surface area contributed by atoms with Gasteiger partial charge in [0, 0.05) is 6.54 Å². The SMILES string of the molecule is Nc1ccc(CNCC(C2CC2)C2CC2)nc1. The van der Waals surface area contributed by atoms with Crippen LogP contribution in [-0.2, 0) is 6.54 Å². The van der Waals surface area contributed by atoms with Crippen molar-refractivity contribution in [1.29, 1.82) is 0 Å². The molecule has 0 aliphatic heterocycles. The zero-order chi connectivity index (χ0) is 11.7. The van der Waals surface area contributed by atoms with Gasteiger partial charge >= 0.3 is 0 Å². The molecule has 1 aromatic rings. The number of aromatic nitrogens is 1. The van der Waals surface area contributed by atoms with Crippen LogP contribution in [-0.4, -0.2) is 11.5 Å². The Hall–Kier alpha value is -1.09. The molecule has 0 atom stereocenters. The maximum atomic E-state index is 5.62. The normalized spacial score (nSPS) is 19.8. The molecule has 0 spiro atoms. The fraction of sp³-hybridized carbons (Fsp3) is 0.643. The Balaban J connectivity index is 1.45. The van der Waals surface area contributed by atoms with Crippen molar-refractivity contribution < 1.29 is 0 Å². The first-order valence-electron chi connectivity index (χ1n) is 6.74. The molecular formula is C14H21N3. The van der Waals surface area contributed by atoms with Crippen LogP contribution < -0.4 is 11.1 Å². The summed E-state index contributed by atoms with van der Waals surface area (Å²) in [5.41, 5.74) is 7.44. The van der Waals surface area contributed by atoms with Gasteiger partial charge in [0.25, 0.3) is 0 Å². The third-order valence-electron chi connectivity index (χ3n) is 3.99. The number of nitrogens with zero attached hydrogens (tertiary/aromatic N) is 1. The molecule has 0 unspecified atom stereocenters. The zero-order valence-electron chi connectivity index (χ0n) is 10.2. The number of anilines is 1. The number of nitrogen functional groups attached to an aromatic ring is 1. The van der Waals surface area contributed by atoms with Crippen LogP contribution in [0, 0.1) is 17.8 Å². The molecule has 2 fully saturated rings. The second-order valence-corrected chi connectivity index (χ2v) is 5.55. The average molecular weight is 231 g/mol. The van der Waals surface area contributed by atoms with E-state index in [-0.39, 0.29) is 0 Å². The molecule has 3 N–H and O–H groups in total. The lowest BCUT2D eigenvalue weighted by molar-refractivity contribution is 0.378. The van der Waals surface area contributed by atoms with E-state index < -0.39 is 0 Å². The van der Waals surface area contributed by atoms with Gasteiger partial charge in [-0.3, -0.25) is 4.98 Å². The number of hydrogen-bond acceptors (Lipinski definition) is 3. The standard InChI is InChI=1S/C14H21N3/c15-12-5-6-13(17-7-12)8-16-9-14(10-1-2-10)11-3-4-11/h5-7,10-11,14,16H,1-4,8-9,15H2. The zero-order valence-corrected chi connectivity index (χ0v) is 10.2. The fourth-order valence-corrected chi connectivity index (χ4v) is 2.67. The van der Waals surface area contributed by atoms with Crippen molar-refractivity contribution >= 4 is 5.69 Å². The third-order valence-corrected chi connectivity index (χ3v) is 3.99. The highest BCUT2D eigenvalue weighted by atomic mass is 14.9. The molecule has 3 rings (SSSR count). The summed E-state index contributed by atoms with van der Waals surface area (Å²) >= 11 is 0. The molecule has 3 heteroatoms. The maximum absolute atomic E-state index is 5.62. The molecule has 2 aliphatic rings. The van der Waals surface area contributed by atoms with Crippen LogP contribution in [0.1, 0.15) is 31.4 Å². The van der Waals surface area contributed by atoms with Gasteiger partial charge in [0.15, 0.2) is 0 Å². The minimum Gasteiger partial charge on any atom is -0.397 e. The highest BCUT2D eigenvalue weighted by molar-refractivity contribution is 5.34. The van der Waals surface area contributed by atoms with E-state index in [4.69, 9.17) is 5.73 Å². The Labute approximate surface area is 103 Å². The molecule has 1 aromatic heterocycles. The summed E-state index contributed by atoms with van der Waals surface area (Å²) in [5, 5.41) is 3.56. The van der Waals surface area contributed by atoms with Crippen molar-refractivity contribution in [2.75, 3.05) is 12.3 Å². The van der Waals surface area contributed by atoms with Crippen molar-refractivity contribution in [3.63, 3.8) is 0 Å². The first kappa shape index (κ1) is 11.0.